The first-order valence-electron chi connectivity index (χ1n) is 7.58. The molecule has 0 aliphatic rings. The quantitative estimate of drug-likeness (QED) is 0.520. The van der Waals surface area contributed by atoms with Crippen LogP contribution in [0.15, 0.2) is 0 Å². The zero-order valence-electron chi connectivity index (χ0n) is 12.4. The van der Waals surface area contributed by atoms with Crippen LogP contribution in [-0.4, -0.2) is 25.8 Å². The van der Waals surface area contributed by atoms with Gasteiger partial charge in [0.25, 0.3) is 0 Å². The molecular weight excluding hydrogens is 210 g/mol. The van der Waals surface area contributed by atoms with Gasteiger partial charge in [0.1, 0.15) is 0 Å². The third-order valence-electron chi connectivity index (χ3n) is 3.47. The SMILES string of the molecule is CCCCCCCCC(NC)C(CC)OCC. The lowest BCUT2D eigenvalue weighted by Gasteiger charge is -2.25. The molecule has 0 spiro atoms. The van der Waals surface area contributed by atoms with Gasteiger partial charge in [-0.2, -0.15) is 0 Å². The molecule has 0 aromatic carbocycles. The highest BCUT2D eigenvalue weighted by atomic mass is 16.5. The monoisotopic (exact) mass is 243 g/mol. The fourth-order valence-corrected chi connectivity index (χ4v) is 2.39. The fourth-order valence-electron chi connectivity index (χ4n) is 2.39. The standard InChI is InChI=1S/C15H33NO/c1-5-8-9-10-11-12-13-14(16-4)15(6-2)17-7-3/h14-16H,5-13H2,1-4H3. The van der Waals surface area contributed by atoms with Gasteiger partial charge in [-0.3, -0.25) is 0 Å². The minimum absolute atomic E-state index is 0.389. The van der Waals surface area contributed by atoms with Crippen molar-refractivity contribution in [3.8, 4) is 0 Å². The molecule has 0 bridgehead atoms. The molecule has 0 heterocycles. The summed E-state index contributed by atoms with van der Waals surface area (Å²) in [7, 11) is 2.06. The molecule has 0 saturated heterocycles. The summed E-state index contributed by atoms with van der Waals surface area (Å²) in [6.45, 7) is 7.39. The van der Waals surface area contributed by atoms with Crippen LogP contribution in [0.2, 0.25) is 0 Å². The topological polar surface area (TPSA) is 21.3 Å². The minimum atomic E-state index is 0.389. The third-order valence-corrected chi connectivity index (χ3v) is 3.47. The predicted octanol–water partition coefficient (Wildman–Crippen LogP) is 4.14. The highest BCUT2D eigenvalue weighted by Crippen LogP contribution is 2.13. The summed E-state index contributed by atoms with van der Waals surface area (Å²) >= 11 is 0. The molecule has 0 rings (SSSR count). The van der Waals surface area contributed by atoms with Crippen molar-refractivity contribution in [1.29, 1.82) is 0 Å². The first-order valence-corrected chi connectivity index (χ1v) is 7.58. The number of likely N-dealkylation sites (N-methyl/N-ethyl adjacent to an activating group) is 1. The molecule has 0 radical (unpaired) electrons. The lowest BCUT2D eigenvalue weighted by molar-refractivity contribution is 0.0310. The summed E-state index contributed by atoms with van der Waals surface area (Å²) in [5, 5.41) is 3.41. The van der Waals surface area contributed by atoms with E-state index >= 15 is 0 Å². The van der Waals surface area contributed by atoms with E-state index in [0.717, 1.165) is 13.0 Å². The fraction of sp³-hybridized carbons (Fsp3) is 1.00. The molecule has 0 amide bonds. The van der Waals surface area contributed by atoms with Gasteiger partial charge in [-0.25, -0.2) is 0 Å². The Morgan fingerprint density at radius 1 is 0.941 bits per heavy atom. The maximum absolute atomic E-state index is 5.78. The Hall–Kier alpha value is -0.0800. The van der Waals surface area contributed by atoms with Crippen molar-refractivity contribution in [3.05, 3.63) is 0 Å². The smallest absolute Gasteiger partial charge is 0.0725 e. The molecule has 0 aromatic heterocycles. The lowest BCUT2D eigenvalue weighted by atomic mass is 10.0. The van der Waals surface area contributed by atoms with Crippen LogP contribution in [0.25, 0.3) is 0 Å². The van der Waals surface area contributed by atoms with Crippen LogP contribution in [0.3, 0.4) is 0 Å². The zero-order valence-corrected chi connectivity index (χ0v) is 12.4. The van der Waals surface area contributed by atoms with Crippen LogP contribution in [0.4, 0.5) is 0 Å². The normalized spacial score (nSPS) is 14.8. The van der Waals surface area contributed by atoms with Crippen molar-refractivity contribution in [3.63, 3.8) is 0 Å². The molecule has 0 aliphatic heterocycles. The van der Waals surface area contributed by atoms with Crippen molar-refractivity contribution < 1.29 is 4.74 Å². The number of hydrogen-bond acceptors (Lipinski definition) is 2. The van der Waals surface area contributed by atoms with E-state index < -0.39 is 0 Å². The van der Waals surface area contributed by atoms with Crippen molar-refractivity contribution in [2.45, 2.75) is 84.3 Å². The predicted molar refractivity (Wildman–Crippen MR) is 76.5 cm³/mol. The van der Waals surface area contributed by atoms with Crippen LogP contribution >= 0.6 is 0 Å². The van der Waals surface area contributed by atoms with Crippen LogP contribution < -0.4 is 5.32 Å². The molecule has 2 unspecified atom stereocenters. The molecule has 17 heavy (non-hydrogen) atoms. The van der Waals surface area contributed by atoms with Gasteiger partial charge in [-0.05, 0) is 26.8 Å². The van der Waals surface area contributed by atoms with E-state index in [-0.39, 0.29) is 0 Å². The Kier molecular flexibility index (Phi) is 12.3. The Bertz CT molecular complexity index is 150. The van der Waals surface area contributed by atoms with Crippen molar-refractivity contribution in [2.75, 3.05) is 13.7 Å². The van der Waals surface area contributed by atoms with E-state index in [1.54, 1.807) is 0 Å². The van der Waals surface area contributed by atoms with Gasteiger partial charge in [-0.15, -0.1) is 0 Å². The number of nitrogens with one attached hydrogen (secondary N) is 1. The zero-order chi connectivity index (χ0) is 12.9. The maximum atomic E-state index is 5.78. The molecule has 0 saturated carbocycles. The van der Waals surface area contributed by atoms with Crippen molar-refractivity contribution in [1.82, 2.24) is 5.32 Å². The first-order chi connectivity index (χ1) is 8.29. The Morgan fingerprint density at radius 3 is 2.12 bits per heavy atom. The van der Waals surface area contributed by atoms with Gasteiger partial charge in [0, 0.05) is 12.6 Å². The van der Waals surface area contributed by atoms with Crippen LogP contribution in [0, 0.1) is 0 Å². The van der Waals surface area contributed by atoms with E-state index in [1.165, 1.54) is 44.9 Å². The van der Waals surface area contributed by atoms with Crippen molar-refractivity contribution >= 4 is 0 Å². The Balaban J connectivity index is 3.65. The average Bonchev–Trinajstić information content (AvgIpc) is 2.36. The van der Waals surface area contributed by atoms with E-state index in [4.69, 9.17) is 4.74 Å². The number of ether oxygens (including phenoxy) is 1. The molecule has 2 nitrogen and oxygen atoms in total. The van der Waals surface area contributed by atoms with Crippen LogP contribution in [-0.2, 0) is 4.74 Å². The summed E-state index contributed by atoms with van der Waals surface area (Å²) < 4.78 is 5.78. The van der Waals surface area contributed by atoms with Crippen LogP contribution in [0.1, 0.15) is 72.1 Å². The Morgan fingerprint density at radius 2 is 1.59 bits per heavy atom. The van der Waals surface area contributed by atoms with Gasteiger partial charge in [0.2, 0.25) is 0 Å². The summed E-state index contributed by atoms with van der Waals surface area (Å²) in [6.07, 6.45) is 11.0. The second-order valence-electron chi connectivity index (χ2n) is 4.85. The lowest BCUT2D eigenvalue weighted by Crippen LogP contribution is -2.39. The minimum Gasteiger partial charge on any atom is -0.377 e. The molecule has 2 atom stereocenters. The van der Waals surface area contributed by atoms with Crippen molar-refractivity contribution in [2.24, 2.45) is 0 Å². The van der Waals surface area contributed by atoms with E-state index in [1.807, 2.05) is 0 Å². The highest BCUT2D eigenvalue weighted by Gasteiger charge is 2.17. The third kappa shape index (κ3) is 8.62. The number of unbranched alkanes of at least 4 members (excludes halogenated alkanes) is 5. The molecule has 0 fully saturated rings. The largest absolute Gasteiger partial charge is 0.377 e. The van der Waals surface area contributed by atoms with Gasteiger partial charge in [0.05, 0.1) is 6.10 Å². The van der Waals surface area contributed by atoms with Gasteiger partial charge < -0.3 is 10.1 Å². The molecule has 1 N–H and O–H groups in total. The van der Waals surface area contributed by atoms with Gasteiger partial charge in [-0.1, -0.05) is 52.4 Å². The maximum Gasteiger partial charge on any atom is 0.0725 e. The second kappa shape index (κ2) is 12.4. The highest BCUT2D eigenvalue weighted by molar-refractivity contribution is 4.74. The molecule has 0 aromatic rings. The second-order valence-corrected chi connectivity index (χ2v) is 4.85. The summed E-state index contributed by atoms with van der Waals surface area (Å²) in [5.74, 6) is 0. The Labute approximate surface area is 109 Å². The van der Waals surface area contributed by atoms with E-state index in [9.17, 15) is 0 Å². The van der Waals surface area contributed by atoms with Gasteiger partial charge in [0.15, 0.2) is 0 Å². The average molecular weight is 243 g/mol. The van der Waals surface area contributed by atoms with E-state index in [0.29, 0.717) is 12.1 Å². The molecule has 104 valence electrons. The summed E-state index contributed by atoms with van der Waals surface area (Å²) in [6, 6.07) is 0.533. The summed E-state index contributed by atoms with van der Waals surface area (Å²) in [5.41, 5.74) is 0. The molecule has 0 aliphatic carbocycles. The number of rotatable bonds is 12. The van der Waals surface area contributed by atoms with Gasteiger partial charge >= 0.3 is 0 Å². The molecule has 2 heteroatoms. The molecular formula is C15H33NO. The number of hydrogen-bond donors (Lipinski definition) is 1. The first kappa shape index (κ1) is 16.9. The van der Waals surface area contributed by atoms with Crippen LogP contribution in [0.5, 0.6) is 0 Å². The summed E-state index contributed by atoms with van der Waals surface area (Å²) in [4.78, 5) is 0. The van der Waals surface area contributed by atoms with E-state index in [2.05, 4.69) is 33.1 Å².